The van der Waals surface area contributed by atoms with Gasteiger partial charge in [-0.15, -0.1) is 0 Å². The average Bonchev–Trinajstić information content (AvgIpc) is 3.22. The fourth-order valence-electron chi connectivity index (χ4n) is 2.43. The molecule has 0 aliphatic heterocycles. The van der Waals surface area contributed by atoms with Crippen LogP contribution in [0, 0.1) is 0 Å². The van der Waals surface area contributed by atoms with E-state index < -0.39 is 16.0 Å². The highest BCUT2D eigenvalue weighted by Gasteiger charge is 2.15. The van der Waals surface area contributed by atoms with Crippen molar-refractivity contribution >= 4 is 16.0 Å². The van der Waals surface area contributed by atoms with E-state index in [1.807, 2.05) is 36.5 Å². The smallest absolute Gasteiger partial charge is 0.338 e. The second-order valence-corrected chi connectivity index (χ2v) is 7.45. The van der Waals surface area contributed by atoms with Crippen molar-refractivity contribution in [2.45, 2.75) is 18.4 Å². The van der Waals surface area contributed by atoms with Gasteiger partial charge in [0.1, 0.15) is 0 Å². The molecule has 0 spiro atoms. The fourth-order valence-corrected chi connectivity index (χ4v) is 3.45. The first-order valence-electron chi connectivity index (χ1n) is 8.35. The molecule has 0 bridgehead atoms. The number of hydrogen-bond acceptors (Lipinski definition) is 5. The minimum absolute atomic E-state index is 0.0868. The first-order valence-corrected chi connectivity index (χ1v) is 9.84. The molecule has 2 aromatic carbocycles. The predicted octanol–water partition coefficient (Wildman–Crippen LogP) is 2.53. The number of aromatic nitrogens is 2. The lowest BCUT2D eigenvalue weighted by Crippen LogP contribution is -2.23. The molecule has 0 saturated heterocycles. The van der Waals surface area contributed by atoms with E-state index in [0.29, 0.717) is 5.56 Å². The van der Waals surface area contributed by atoms with E-state index in [1.165, 1.54) is 24.3 Å². The van der Waals surface area contributed by atoms with Crippen LogP contribution in [-0.2, 0) is 21.3 Å². The van der Waals surface area contributed by atoms with Gasteiger partial charge in [-0.3, -0.25) is 0 Å². The van der Waals surface area contributed by atoms with E-state index in [0.717, 1.165) is 11.3 Å². The van der Waals surface area contributed by atoms with Crippen LogP contribution >= 0.6 is 0 Å². The van der Waals surface area contributed by atoms with Gasteiger partial charge >= 0.3 is 5.97 Å². The molecule has 0 amide bonds. The van der Waals surface area contributed by atoms with Gasteiger partial charge in [-0.05, 0) is 55.0 Å². The Morgan fingerprint density at radius 3 is 2.41 bits per heavy atom. The van der Waals surface area contributed by atoms with Crippen LogP contribution in [0.3, 0.4) is 0 Å². The van der Waals surface area contributed by atoms with E-state index in [1.54, 1.807) is 17.8 Å². The van der Waals surface area contributed by atoms with Crippen molar-refractivity contribution in [1.82, 2.24) is 14.5 Å². The molecule has 0 unspecified atom stereocenters. The molecule has 1 N–H and O–H groups in total. The second-order valence-electron chi connectivity index (χ2n) is 5.69. The summed E-state index contributed by atoms with van der Waals surface area (Å²) in [4.78, 5) is 11.7. The van der Waals surface area contributed by atoms with Crippen LogP contribution in [0.1, 0.15) is 22.8 Å². The highest BCUT2D eigenvalue weighted by Crippen LogP contribution is 2.13. The summed E-state index contributed by atoms with van der Waals surface area (Å²) in [5.74, 6) is -0.480. The number of ether oxygens (including phenoxy) is 1. The summed E-state index contributed by atoms with van der Waals surface area (Å²) in [5.41, 5.74) is 2.02. The van der Waals surface area contributed by atoms with Gasteiger partial charge in [0.15, 0.2) is 0 Å². The number of nitrogens with zero attached hydrogens (tertiary/aromatic N) is 2. The summed E-state index contributed by atoms with van der Waals surface area (Å²) in [6, 6.07) is 14.9. The molecule has 1 aromatic heterocycles. The van der Waals surface area contributed by atoms with Crippen molar-refractivity contribution in [3.05, 3.63) is 78.1 Å². The van der Waals surface area contributed by atoms with Gasteiger partial charge in [-0.1, -0.05) is 12.1 Å². The number of esters is 1. The van der Waals surface area contributed by atoms with E-state index in [2.05, 4.69) is 9.82 Å². The van der Waals surface area contributed by atoms with Crippen molar-refractivity contribution in [3.63, 3.8) is 0 Å². The third-order valence-electron chi connectivity index (χ3n) is 3.85. The summed E-state index contributed by atoms with van der Waals surface area (Å²) in [6.45, 7) is 2.13. The number of benzene rings is 2. The van der Waals surface area contributed by atoms with Crippen LogP contribution in [-0.4, -0.2) is 30.8 Å². The number of rotatable bonds is 7. The Morgan fingerprint density at radius 2 is 1.81 bits per heavy atom. The van der Waals surface area contributed by atoms with E-state index in [4.69, 9.17) is 4.74 Å². The van der Waals surface area contributed by atoms with Gasteiger partial charge in [0.25, 0.3) is 0 Å². The van der Waals surface area contributed by atoms with E-state index >= 15 is 0 Å². The second kappa shape index (κ2) is 8.15. The Morgan fingerprint density at radius 1 is 1.11 bits per heavy atom. The lowest BCUT2D eigenvalue weighted by molar-refractivity contribution is 0.0526. The molecule has 7 nitrogen and oxygen atoms in total. The van der Waals surface area contributed by atoms with Crippen LogP contribution in [0.15, 0.2) is 71.9 Å². The lowest BCUT2D eigenvalue weighted by Gasteiger charge is -2.09. The molecule has 1 heterocycles. The van der Waals surface area contributed by atoms with Gasteiger partial charge in [-0.2, -0.15) is 5.10 Å². The Labute approximate surface area is 157 Å². The molecule has 27 heavy (non-hydrogen) atoms. The third kappa shape index (κ3) is 4.60. The normalized spacial score (nSPS) is 11.3. The number of nitrogens with one attached hydrogen (secondary N) is 1. The van der Waals surface area contributed by atoms with Crippen molar-refractivity contribution in [3.8, 4) is 5.69 Å². The molecule has 0 aliphatic carbocycles. The molecular weight excluding hydrogens is 366 g/mol. The summed E-state index contributed by atoms with van der Waals surface area (Å²) in [5, 5.41) is 4.14. The van der Waals surface area contributed by atoms with Crippen molar-refractivity contribution in [2.75, 3.05) is 6.61 Å². The van der Waals surface area contributed by atoms with Crippen LogP contribution in [0.2, 0.25) is 0 Å². The van der Waals surface area contributed by atoms with Gasteiger partial charge in [-0.25, -0.2) is 22.6 Å². The van der Waals surface area contributed by atoms with Gasteiger partial charge in [0.2, 0.25) is 10.0 Å². The Hall–Kier alpha value is -2.97. The van der Waals surface area contributed by atoms with Crippen LogP contribution < -0.4 is 4.72 Å². The summed E-state index contributed by atoms with van der Waals surface area (Å²) in [7, 11) is -3.69. The standard InChI is InChI=1S/C19H19N3O4S/c1-2-26-19(23)16-6-10-18(11-7-16)27(24,25)21-14-15-4-8-17(9-5-15)22-13-3-12-20-22/h3-13,21H,2,14H2,1H3. The van der Waals surface area contributed by atoms with E-state index in [9.17, 15) is 13.2 Å². The molecule has 3 aromatic rings. The highest BCUT2D eigenvalue weighted by molar-refractivity contribution is 7.89. The topological polar surface area (TPSA) is 90.3 Å². The van der Waals surface area contributed by atoms with Gasteiger partial charge in [0, 0.05) is 18.9 Å². The van der Waals surface area contributed by atoms with E-state index in [-0.39, 0.29) is 18.0 Å². The van der Waals surface area contributed by atoms with Crippen LogP contribution in [0.5, 0.6) is 0 Å². The largest absolute Gasteiger partial charge is 0.462 e. The summed E-state index contributed by atoms with van der Waals surface area (Å²) in [6.07, 6.45) is 3.52. The first-order chi connectivity index (χ1) is 13.0. The predicted molar refractivity (Wildman–Crippen MR) is 100.0 cm³/mol. The molecule has 140 valence electrons. The third-order valence-corrected chi connectivity index (χ3v) is 5.26. The van der Waals surface area contributed by atoms with Crippen molar-refractivity contribution in [2.24, 2.45) is 0 Å². The number of hydrogen-bond donors (Lipinski definition) is 1. The zero-order valence-electron chi connectivity index (χ0n) is 14.7. The molecule has 0 aliphatic rings. The molecular formula is C19H19N3O4S. The average molecular weight is 385 g/mol. The minimum atomic E-state index is -3.69. The Bertz CT molecular complexity index is 996. The lowest BCUT2D eigenvalue weighted by atomic mass is 10.2. The van der Waals surface area contributed by atoms with Crippen molar-refractivity contribution < 1.29 is 17.9 Å². The fraction of sp³-hybridized carbons (Fsp3) is 0.158. The maximum absolute atomic E-state index is 12.4. The molecule has 0 radical (unpaired) electrons. The SMILES string of the molecule is CCOC(=O)c1ccc(S(=O)(=O)NCc2ccc(-n3cccn3)cc2)cc1. The molecule has 0 atom stereocenters. The van der Waals surface area contributed by atoms with Crippen LogP contribution in [0.4, 0.5) is 0 Å². The molecule has 8 heteroatoms. The molecule has 0 fully saturated rings. The Balaban J connectivity index is 1.65. The maximum Gasteiger partial charge on any atom is 0.338 e. The quantitative estimate of drug-likeness (QED) is 0.631. The minimum Gasteiger partial charge on any atom is -0.462 e. The summed E-state index contributed by atoms with van der Waals surface area (Å²) >= 11 is 0. The monoisotopic (exact) mass is 385 g/mol. The first kappa shape index (κ1) is 18.8. The zero-order chi connectivity index (χ0) is 19.3. The van der Waals surface area contributed by atoms with Gasteiger partial charge in [0.05, 0.1) is 22.8 Å². The van der Waals surface area contributed by atoms with Crippen LogP contribution in [0.25, 0.3) is 5.69 Å². The Kier molecular flexibility index (Phi) is 5.68. The van der Waals surface area contributed by atoms with Gasteiger partial charge < -0.3 is 4.74 Å². The molecule has 0 saturated carbocycles. The number of carbonyl (C=O) groups excluding carboxylic acids is 1. The van der Waals surface area contributed by atoms with Crippen molar-refractivity contribution in [1.29, 1.82) is 0 Å². The number of carbonyl (C=O) groups is 1. The highest BCUT2D eigenvalue weighted by atomic mass is 32.2. The molecule has 3 rings (SSSR count). The summed E-state index contributed by atoms with van der Waals surface area (Å²) < 4.78 is 34.0. The number of sulfonamides is 1. The maximum atomic E-state index is 12.4. The zero-order valence-corrected chi connectivity index (χ0v) is 15.5.